The molecule has 7 heteroatoms. The van der Waals surface area contributed by atoms with Crippen LogP contribution in [0.3, 0.4) is 0 Å². The van der Waals surface area contributed by atoms with Crippen molar-refractivity contribution in [2.75, 3.05) is 12.4 Å². The van der Waals surface area contributed by atoms with E-state index in [0.29, 0.717) is 17.8 Å². The van der Waals surface area contributed by atoms with Gasteiger partial charge in [-0.05, 0) is 33.3 Å². The second kappa shape index (κ2) is 6.62. The van der Waals surface area contributed by atoms with Crippen LogP contribution in [0.1, 0.15) is 35.4 Å². The van der Waals surface area contributed by atoms with Crippen LogP contribution in [0.25, 0.3) is 10.2 Å². The largest absolute Gasteiger partial charge is 0.465 e. The Kier molecular flexibility index (Phi) is 5.05. The van der Waals surface area contributed by atoms with Crippen LogP contribution in [0.4, 0.5) is 0 Å². The Morgan fingerprint density at radius 2 is 2.19 bits per heavy atom. The number of esters is 1. The molecule has 0 amide bonds. The number of nitrogens with one attached hydrogen (secondary N) is 1. The smallest absolute Gasteiger partial charge is 0.315 e. The lowest BCUT2D eigenvalue weighted by molar-refractivity contribution is -0.139. The molecule has 2 rings (SSSR count). The van der Waals surface area contributed by atoms with Crippen LogP contribution in [0, 0.1) is 13.8 Å². The third kappa shape index (κ3) is 3.47. The third-order valence-corrected chi connectivity index (χ3v) is 5.43. The Morgan fingerprint density at radius 1 is 1.48 bits per heavy atom. The number of fused-ring (bicyclic) bond motifs is 1. The first-order valence-electron chi connectivity index (χ1n) is 6.71. The van der Waals surface area contributed by atoms with Gasteiger partial charge in [0.05, 0.1) is 23.0 Å². The Bertz CT molecular complexity index is 721. The molecule has 21 heavy (non-hydrogen) atoms. The number of rotatable bonds is 5. The van der Waals surface area contributed by atoms with E-state index in [-0.39, 0.29) is 22.5 Å². The monoisotopic (exact) mass is 326 g/mol. The van der Waals surface area contributed by atoms with Crippen molar-refractivity contribution in [1.82, 2.24) is 9.97 Å². The fraction of sp³-hybridized carbons (Fsp3) is 0.500. The molecule has 0 aromatic carbocycles. The molecular formula is C14H18N2O3S2. The highest BCUT2D eigenvalue weighted by atomic mass is 32.2. The Labute approximate surface area is 131 Å². The van der Waals surface area contributed by atoms with E-state index in [9.17, 15) is 9.59 Å². The van der Waals surface area contributed by atoms with Crippen LogP contribution in [0.15, 0.2) is 4.79 Å². The van der Waals surface area contributed by atoms with Crippen LogP contribution >= 0.6 is 23.1 Å². The highest BCUT2D eigenvalue weighted by Crippen LogP contribution is 2.29. The fourth-order valence-electron chi connectivity index (χ4n) is 1.94. The Hall–Kier alpha value is -1.34. The highest BCUT2D eigenvalue weighted by Gasteiger charge is 2.16. The number of H-pyrrole nitrogens is 1. The van der Waals surface area contributed by atoms with Crippen LogP contribution in [0.2, 0.25) is 0 Å². The Balaban J connectivity index is 2.22. The second-order valence-electron chi connectivity index (χ2n) is 4.67. The number of aromatic amines is 1. The predicted octanol–water partition coefficient (Wildman–Crippen LogP) is 2.96. The van der Waals surface area contributed by atoms with Gasteiger partial charge in [-0.25, -0.2) is 4.98 Å². The minimum Gasteiger partial charge on any atom is -0.465 e. The van der Waals surface area contributed by atoms with E-state index >= 15 is 0 Å². The maximum atomic E-state index is 12.2. The summed E-state index contributed by atoms with van der Waals surface area (Å²) < 4.78 is 4.89. The summed E-state index contributed by atoms with van der Waals surface area (Å²) in [4.78, 5) is 32.8. The molecule has 114 valence electrons. The van der Waals surface area contributed by atoms with Crippen LogP contribution in [-0.4, -0.2) is 28.3 Å². The summed E-state index contributed by atoms with van der Waals surface area (Å²) in [6, 6.07) is 0. The van der Waals surface area contributed by atoms with Gasteiger partial charge in [0.15, 0.2) is 0 Å². The zero-order valence-electron chi connectivity index (χ0n) is 12.5. The zero-order valence-corrected chi connectivity index (χ0v) is 14.1. The van der Waals surface area contributed by atoms with Crippen molar-refractivity contribution < 1.29 is 9.53 Å². The minimum absolute atomic E-state index is 0.0748. The van der Waals surface area contributed by atoms with Gasteiger partial charge in [0.1, 0.15) is 10.7 Å². The first-order chi connectivity index (χ1) is 9.93. The number of carbonyl (C=O) groups excluding carboxylic acids is 1. The maximum Gasteiger partial charge on any atom is 0.315 e. The lowest BCUT2D eigenvalue weighted by Crippen LogP contribution is -2.14. The number of thioether (sulfide) groups is 1. The number of hydrogen-bond acceptors (Lipinski definition) is 6. The SMILES string of the molecule is CCOC(=O)CS[C@@H](C)c1nc2sc(C)c(C)c2c(=O)[nH]1. The summed E-state index contributed by atoms with van der Waals surface area (Å²) in [6.45, 7) is 7.99. The predicted molar refractivity (Wildman–Crippen MR) is 87.2 cm³/mol. The molecule has 2 heterocycles. The number of thiophene rings is 1. The number of aryl methyl sites for hydroxylation is 2. The van der Waals surface area contributed by atoms with Crippen molar-refractivity contribution >= 4 is 39.3 Å². The summed E-state index contributed by atoms with van der Waals surface area (Å²) in [5.74, 6) is 0.600. The van der Waals surface area contributed by atoms with Crippen LogP contribution < -0.4 is 5.56 Å². The molecule has 0 unspecified atom stereocenters. The van der Waals surface area contributed by atoms with Gasteiger partial charge >= 0.3 is 5.97 Å². The first kappa shape index (κ1) is 16.0. The van der Waals surface area contributed by atoms with Crippen molar-refractivity contribution in [2.45, 2.75) is 32.9 Å². The molecule has 0 aliphatic rings. The highest BCUT2D eigenvalue weighted by molar-refractivity contribution is 8.00. The van der Waals surface area contributed by atoms with E-state index in [1.807, 2.05) is 20.8 Å². The normalized spacial score (nSPS) is 12.6. The second-order valence-corrected chi connectivity index (χ2v) is 7.21. The number of aromatic nitrogens is 2. The van der Waals surface area contributed by atoms with Gasteiger partial charge in [-0.2, -0.15) is 0 Å². The van der Waals surface area contributed by atoms with Gasteiger partial charge in [-0.1, -0.05) is 0 Å². The van der Waals surface area contributed by atoms with Crippen molar-refractivity contribution in [1.29, 1.82) is 0 Å². The molecule has 0 fully saturated rings. The van der Waals surface area contributed by atoms with Crippen LogP contribution in [0.5, 0.6) is 0 Å². The topological polar surface area (TPSA) is 72.0 Å². The molecule has 2 aromatic heterocycles. The number of hydrogen-bond donors (Lipinski definition) is 1. The molecule has 0 saturated carbocycles. The molecule has 0 saturated heterocycles. The lowest BCUT2D eigenvalue weighted by Gasteiger charge is -2.10. The summed E-state index contributed by atoms with van der Waals surface area (Å²) in [5, 5.41) is 0.595. The molecule has 5 nitrogen and oxygen atoms in total. The minimum atomic E-state index is -0.249. The standard InChI is InChI=1S/C14H18N2O3S2/c1-5-19-10(17)6-20-9(4)12-15-13(18)11-7(2)8(3)21-14(11)16-12/h9H,5-6H2,1-4H3,(H,15,16,18)/t9-/m0/s1. The van der Waals surface area contributed by atoms with Gasteiger partial charge in [-0.15, -0.1) is 23.1 Å². The summed E-state index contributed by atoms with van der Waals surface area (Å²) >= 11 is 2.93. The van der Waals surface area contributed by atoms with Crippen molar-refractivity contribution in [3.63, 3.8) is 0 Å². The first-order valence-corrected chi connectivity index (χ1v) is 8.57. The number of ether oxygens (including phenoxy) is 1. The van der Waals surface area contributed by atoms with Gasteiger partial charge in [-0.3, -0.25) is 9.59 Å². The van der Waals surface area contributed by atoms with Crippen molar-refractivity contribution in [2.24, 2.45) is 0 Å². The van der Waals surface area contributed by atoms with Gasteiger partial charge < -0.3 is 9.72 Å². The molecule has 1 N–H and O–H groups in total. The fourth-order valence-corrected chi connectivity index (χ4v) is 3.71. The lowest BCUT2D eigenvalue weighted by atomic mass is 10.2. The summed E-state index contributed by atoms with van der Waals surface area (Å²) in [7, 11) is 0. The molecule has 0 aliphatic heterocycles. The summed E-state index contributed by atoms with van der Waals surface area (Å²) in [5.41, 5.74) is 0.877. The van der Waals surface area contributed by atoms with Gasteiger partial charge in [0.25, 0.3) is 5.56 Å². The zero-order chi connectivity index (χ0) is 15.6. The average molecular weight is 326 g/mol. The van der Waals surface area contributed by atoms with Crippen LogP contribution in [-0.2, 0) is 9.53 Å². The molecular weight excluding hydrogens is 308 g/mol. The van der Waals surface area contributed by atoms with E-state index in [1.165, 1.54) is 23.1 Å². The van der Waals surface area contributed by atoms with E-state index < -0.39 is 0 Å². The van der Waals surface area contributed by atoms with Crippen molar-refractivity contribution in [3.8, 4) is 0 Å². The molecule has 0 radical (unpaired) electrons. The quantitative estimate of drug-likeness (QED) is 0.855. The average Bonchev–Trinajstić information content (AvgIpc) is 2.72. The van der Waals surface area contributed by atoms with E-state index in [1.54, 1.807) is 6.92 Å². The molecule has 0 aliphatic carbocycles. The van der Waals surface area contributed by atoms with E-state index in [4.69, 9.17) is 4.74 Å². The molecule has 0 bridgehead atoms. The molecule has 1 atom stereocenters. The third-order valence-electron chi connectivity index (χ3n) is 3.20. The van der Waals surface area contributed by atoms with Crippen molar-refractivity contribution in [3.05, 3.63) is 26.6 Å². The number of nitrogens with zero attached hydrogens (tertiary/aromatic N) is 1. The molecule has 2 aromatic rings. The molecule has 0 spiro atoms. The van der Waals surface area contributed by atoms with Gasteiger partial charge in [0.2, 0.25) is 0 Å². The number of carbonyl (C=O) groups is 1. The Morgan fingerprint density at radius 3 is 2.86 bits per heavy atom. The summed E-state index contributed by atoms with van der Waals surface area (Å²) in [6.07, 6.45) is 0. The maximum absolute atomic E-state index is 12.2. The van der Waals surface area contributed by atoms with E-state index in [0.717, 1.165) is 15.3 Å². The van der Waals surface area contributed by atoms with E-state index in [2.05, 4.69) is 9.97 Å². The van der Waals surface area contributed by atoms with Gasteiger partial charge in [0, 0.05) is 4.88 Å².